The van der Waals surface area contributed by atoms with E-state index in [1.807, 2.05) is 0 Å². The Morgan fingerprint density at radius 1 is 1.08 bits per heavy atom. The minimum Gasteiger partial charge on any atom is -0.611 e. The van der Waals surface area contributed by atoms with Gasteiger partial charge in [-0.25, -0.2) is 4.39 Å². The van der Waals surface area contributed by atoms with Crippen LogP contribution in [0, 0.1) is 5.82 Å². The average molecular weight is 370 g/mol. The smallest absolute Gasteiger partial charge is 0.471 e. The number of halogens is 4. The molecule has 0 aliphatic carbocycles. The number of rotatable bonds is 4. The number of hydrogen-bond acceptors (Lipinski definition) is 4. The zero-order valence-electron chi connectivity index (χ0n) is 12.5. The zero-order valence-corrected chi connectivity index (χ0v) is 13.3. The van der Waals surface area contributed by atoms with Crippen molar-refractivity contribution in [3.63, 3.8) is 0 Å². The van der Waals surface area contributed by atoms with E-state index in [2.05, 4.69) is 14.7 Å². The van der Waals surface area contributed by atoms with Gasteiger partial charge in [-0.05, 0) is 35.4 Å². The Balaban J connectivity index is 1.80. The van der Waals surface area contributed by atoms with Gasteiger partial charge in [0.25, 0.3) is 0 Å². The molecule has 0 saturated carbocycles. The third-order valence-electron chi connectivity index (χ3n) is 3.25. The molecule has 1 heterocycles. The molecule has 0 amide bonds. The second-order valence-corrected chi connectivity index (χ2v) is 6.49. The summed E-state index contributed by atoms with van der Waals surface area (Å²) in [5, 5.41) is 3.15. The lowest BCUT2D eigenvalue weighted by atomic mass is 10.1. The van der Waals surface area contributed by atoms with Gasteiger partial charge in [0.15, 0.2) is 4.90 Å². The van der Waals surface area contributed by atoms with E-state index in [9.17, 15) is 22.1 Å². The van der Waals surface area contributed by atoms with Gasteiger partial charge in [-0.2, -0.15) is 18.2 Å². The van der Waals surface area contributed by atoms with Crippen molar-refractivity contribution >= 4 is 11.2 Å². The molecule has 0 N–H and O–H groups in total. The van der Waals surface area contributed by atoms with E-state index in [4.69, 9.17) is 0 Å². The Bertz CT molecular complexity index is 868. The molecule has 0 fully saturated rings. The molecule has 1 aromatic heterocycles. The van der Waals surface area contributed by atoms with Gasteiger partial charge in [0.1, 0.15) is 11.6 Å². The van der Waals surface area contributed by atoms with Crippen molar-refractivity contribution in [1.29, 1.82) is 0 Å². The van der Waals surface area contributed by atoms with Crippen LogP contribution in [-0.2, 0) is 23.1 Å². The van der Waals surface area contributed by atoms with Gasteiger partial charge in [0.2, 0.25) is 5.82 Å². The maximum atomic E-state index is 14.2. The molecule has 2 aromatic carbocycles. The molecule has 0 bridgehead atoms. The normalized spacial score (nSPS) is 13.0. The van der Waals surface area contributed by atoms with Gasteiger partial charge in [0, 0.05) is 5.56 Å². The number of benzene rings is 2. The highest BCUT2D eigenvalue weighted by atomic mass is 32.2. The van der Waals surface area contributed by atoms with Gasteiger partial charge in [-0.15, -0.1) is 0 Å². The van der Waals surface area contributed by atoms with Crippen LogP contribution in [0.3, 0.4) is 0 Å². The molecule has 0 aliphatic heterocycles. The SMILES string of the molecule is [O-][S+](Cc1ccc(-c2noc(C(F)(F)F)n2)c(F)c1)c1ccccc1. The molecule has 0 aliphatic rings. The second-order valence-electron chi connectivity index (χ2n) is 5.04. The maximum absolute atomic E-state index is 14.2. The van der Waals surface area contributed by atoms with Crippen molar-refractivity contribution < 1.29 is 26.6 Å². The second kappa shape index (κ2) is 6.85. The largest absolute Gasteiger partial charge is 0.611 e. The molecule has 0 spiro atoms. The Kier molecular flexibility index (Phi) is 4.78. The summed E-state index contributed by atoms with van der Waals surface area (Å²) in [6.45, 7) is 0. The highest BCUT2D eigenvalue weighted by Crippen LogP contribution is 2.30. The number of nitrogens with zero attached hydrogens (tertiary/aromatic N) is 2. The van der Waals surface area contributed by atoms with Crippen LogP contribution in [0.15, 0.2) is 57.9 Å². The van der Waals surface area contributed by atoms with E-state index in [1.165, 1.54) is 12.1 Å². The van der Waals surface area contributed by atoms with Crippen LogP contribution in [0.1, 0.15) is 11.5 Å². The maximum Gasteiger partial charge on any atom is 0.471 e. The summed E-state index contributed by atoms with van der Waals surface area (Å²) in [5.74, 6) is -2.80. The molecule has 0 radical (unpaired) electrons. The van der Waals surface area contributed by atoms with Crippen molar-refractivity contribution in [2.45, 2.75) is 16.8 Å². The number of hydrogen-bond donors (Lipinski definition) is 0. The molecule has 25 heavy (non-hydrogen) atoms. The van der Waals surface area contributed by atoms with Crippen LogP contribution in [0.4, 0.5) is 17.6 Å². The lowest BCUT2D eigenvalue weighted by Gasteiger charge is -2.10. The molecule has 3 rings (SSSR count). The minimum atomic E-state index is -4.80. The van der Waals surface area contributed by atoms with Crippen molar-refractivity contribution in [2.24, 2.45) is 0 Å². The van der Waals surface area contributed by atoms with Crippen molar-refractivity contribution in [2.75, 3.05) is 0 Å². The first-order valence-corrected chi connectivity index (χ1v) is 8.29. The summed E-state index contributed by atoms with van der Waals surface area (Å²) < 4.78 is 67.9. The fraction of sp³-hybridized carbons (Fsp3) is 0.125. The summed E-state index contributed by atoms with van der Waals surface area (Å²) in [7, 11) is 0. The fourth-order valence-electron chi connectivity index (χ4n) is 2.08. The van der Waals surface area contributed by atoms with E-state index in [0.717, 1.165) is 6.07 Å². The Morgan fingerprint density at radius 2 is 1.80 bits per heavy atom. The topological polar surface area (TPSA) is 62.0 Å². The van der Waals surface area contributed by atoms with Crippen molar-refractivity contribution in [1.82, 2.24) is 10.1 Å². The molecule has 4 nitrogen and oxygen atoms in total. The fourth-order valence-corrected chi connectivity index (χ4v) is 3.19. The molecule has 0 saturated heterocycles. The van der Waals surface area contributed by atoms with Crippen LogP contribution < -0.4 is 0 Å². The van der Waals surface area contributed by atoms with Crippen LogP contribution in [-0.4, -0.2) is 14.7 Å². The van der Waals surface area contributed by atoms with Crippen LogP contribution in [0.25, 0.3) is 11.4 Å². The molecular weight excluding hydrogens is 360 g/mol. The molecule has 1 unspecified atom stereocenters. The van der Waals surface area contributed by atoms with E-state index < -0.39 is 34.9 Å². The van der Waals surface area contributed by atoms with E-state index in [-0.39, 0.29) is 11.3 Å². The molecular formula is C16H10F4N2O2S. The van der Waals surface area contributed by atoms with Crippen molar-refractivity contribution in [3.05, 3.63) is 65.8 Å². The van der Waals surface area contributed by atoms with Gasteiger partial charge in [-0.3, -0.25) is 0 Å². The van der Waals surface area contributed by atoms with Crippen molar-refractivity contribution in [3.8, 4) is 11.4 Å². The summed E-state index contributed by atoms with van der Waals surface area (Å²) in [6, 6.07) is 12.4. The third-order valence-corrected chi connectivity index (χ3v) is 4.64. The first-order chi connectivity index (χ1) is 11.8. The molecule has 9 heteroatoms. The first kappa shape index (κ1) is 17.4. The highest BCUT2D eigenvalue weighted by Gasteiger charge is 2.38. The number of alkyl halides is 3. The molecule has 130 valence electrons. The van der Waals surface area contributed by atoms with Crippen LogP contribution in [0.5, 0.6) is 0 Å². The molecule has 3 aromatic rings. The Labute approximate surface area is 142 Å². The third kappa shape index (κ3) is 3.99. The Morgan fingerprint density at radius 3 is 2.40 bits per heavy atom. The summed E-state index contributed by atoms with van der Waals surface area (Å²) in [4.78, 5) is 3.75. The average Bonchev–Trinajstić information content (AvgIpc) is 3.06. The standard InChI is InChI=1S/C16H10F4N2O2S/c17-13-8-10(9-25(23)11-4-2-1-3-5-11)6-7-12(13)14-21-15(24-22-14)16(18,19)20/h1-8H,9H2. The van der Waals surface area contributed by atoms with Gasteiger partial charge in [0.05, 0.1) is 5.56 Å². The number of aromatic nitrogens is 2. The summed E-state index contributed by atoms with van der Waals surface area (Å²) in [6.07, 6.45) is -4.80. The summed E-state index contributed by atoms with van der Waals surface area (Å²) in [5.41, 5.74) is 0.205. The Hall–Kier alpha value is -2.39. The van der Waals surface area contributed by atoms with Crippen LogP contribution >= 0.6 is 0 Å². The summed E-state index contributed by atoms with van der Waals surface area (Å²) >= 11 is -1.37. The minimum absolute atomic E-state index is 0.0707. The van der Waals surface area contributed by atoms with Gasteiger partial charge in [-0.1, -0.05) is 29.4 Å². The first-order valence-electron chi connectivity index (χ1n) is 6.98. The lowest BCUT2D eigenvalue weighted by molar-refractivity contribution is -0.159. The predicted octanol–water partition coefficient (Wildman–Crippen LogP) is 4.20. The lowest BCUT2D eigenvalue weighted by Crippen LogP contribution is -2.06. The van der Waals surface area contributed by atoms with E-state index in [0.29, 0.717) is 10.5 Å². The van der Waals surface area contributed by atoms with Gasteiger partial charge < -0.3 is 9.08 Å². The van der Waals surface area contributed by atoms with E-state index >= 15 is 0 Å². The van der Waals surface area contributed by atoms with Crippen LogP contribution in [0.2, 0.25) is 0 Å². The predicted molar refractivity (Wildman–Crippen MR) is 81.2 cm³/mol. The quantitative estimate of drug-likeness (QED) is 0.510. The van der Waals surface area contributed by atoms with Gasteiger partial charge >= 0.3 is 12.1 Å². The van der Waals surface area contributed by atoms with E-state index in [1.54, 1.807) is 30.3 Å². The highest BCUT2D eigenvalue weighted by molar-refractivity contribution is 7.90. The zero-order chi connectivity index (χ0) is 18.0. The molecule has 1 atom stereocenters. The monoisotopic (exact) mass is 370 g/mol.